The summed E-state index contributed by atoms with van der Waals surface area (Å²) in [5, 5.41) is 0. The Hall–Kier alpha value is -2.14. The Morgan fingerprint density at radius 1 is 1.21 bits per heavy atom. The monoisotopic (exact) mass is 326 g/mol. The molecule has 2 heterocycles. The van der Waals surface area contributed by atoms with Gasteiger partial charge in [-0.25, -0.2) is 4.98 Å². The van der Waals surface area contributed by atoms with E-state index in [0.29, 0.717) is 11.6 Å². The summed E-state index contributed by atoms with van der Waals surface area (Å²) in [5.41, 5.74) is 3.00. The first kappa shape index (κ1) is 15.4. The van der Waals surface area contributed by atoms with Crippen molar-refractivity contribution in [1.29, 1.82) is 0 Å². The number of carbonyl (C=O) groups is 1. The number of ether oxygens (including phenoxy) is 1. The molecule has 5 heteroatoms. The van der Waals surface area contributed by atoms with Crippen LogP contribution in [-0.4, -0.2) is 36.1 Å². The molecule has 2 aromatic rings. The minimum atomic E-state index is -0.0706. The summed E-state index contributed by atoms with van der Waals surface area (Å²) in [6, 6.07) is 8.48. The van der Waals surface area contributed by atoms with Gasteiger partial charge in [0, 0.05) is 26.2 Å². The van der Waals surface area contributed by atoms with Gasteiger partial charge in [0.15, 0.2) is 11.6 Å². The van der Waals surface area contributed by atoms with Gasteiger partial charge in [0.05, 0.1) is 6.04 Å². The highest BCUT2D eigenvalue weighted by Crippen LogP contribution is 2.35. The fraction of sp³-hybridized carbons (Fsp3) is 0.474. The predicted octanol–water partition coefficient (Wildman–Crippen LogP) is 3.33. The second-order valence-corrected chi connectivity index (χ2v) is 6.63. The maximum Gasteiger partial charge on any atom is 0.276 e. The van der Waals surface area contributed by atoms with E-state index in [-0.39, 0.29) is 17.9 Å². The standard InChI is InChI=1S/C19H22N2O3/c1-21(17-7-6-13-4-2-3-5-15(13)17)19(22)16-12-24-18(20-16)14-8-10-23-11-9-14/h2-5,12,14,17H,6-11H2,1H3. The van der Waals surface area contributed by atoms with Gasteiger partial charge in [-0.2, -0.15) is 0 Å². The minimum absolute atomic E-state index is 0.0706. The number of hydrogen-bond donors (Lipinski definition) is 0. The first-order valence-corrected chi connectivity index (χ1v) is 8.62. The van der Waals surface area contributed by atoms with Crippen molar-refractivity contribution in [3.63, 3.8) is 0 Å². The summed E-state index contributed by atoms with van der Waals surface area (Å²) in [6.07, 6.45) is 5.29. The molecule has 1 aliphatic heterocycles. The van der Waals surface area contributed by atoms with Gasteiger partial charge in [0.2, 0.25) is 0 Å². The number of fused-ring (bicyclic) bond motifs is 1. The molecular formula is C19H22N2O3. The third-order valence-electron chi connectivity index (χ3n) is 5.20. The van der Waals surface area contributed by atoms with Crippen LogP contribution in [0, 0.1) is 0 Å². The normalized spacial score (nSPS) is 20.8. The number of carbonyl (C=O) groups excluding carboxylic acids is 1. The Kier molecular flexibility index (Phi) is 4.10. The molecule has 24 heavy (non-hydrogen) atoms. The zero-order valence-corrected chi connectivity index (χ0v) is 13.9. The molecule has 0 spiro atoms. The van der Waals surface area contributed by atoms with E-state index in [1.165, 1.54) is 17.4 Å². The van der Waals surface area contributed by atoms with Gasteiger partial charge in [0.1, 0.15) is 6.26 Å². The summed E-state index contributed by atoms with van der Waals surface area (Å²) in [5.74, 6) is 0.860. The molecule has 5 nitrogen and oxygen atoms in total. The summed E-state index contributed by atoms with van der Waals surface area (Å²) >= 11 is 0. The van der Waals surface area contributed by atoms with Crippen LogP contribution >= 0.6 is 0 Å². The summed E-state index contributed by atoms with van der Waals surface area (Å²) < 4.78 is 11.0. The molecular weight excluding hydrogens is 304 g/mol. The highest BCUT2D eigenvalue weighted by atomic mass is 16.5. The van der Waals surface area contributed by atoms with E-state index in [1.54, 1.807) is 4.90 Å². The lowest BCUT2D eigenvalue weighted by molar-refractivity contribution is 0.0724. The third kappa shape index (κ3) is 2.73. The van der Waals surface area contributed by atoms with Gasteiger partial charge >= 0.3 is 0 Å². The number of hydrogen-bond acceptors (Lipinski definition) is 4. The molecule has 126 valence electrons. The van der Waals surface area contributed by atoms with Crippen molar-refractivity contribution in [3.05, 3.63) is 53.2 Å². The molecule has 0 bridgehead atoms. The van der Waals surface area contributed by atoms with E-state index in [2.05, 4.69) is 23.2 Å². The van der Waals surface area contributed by atoms with E-state index in [4.69, 9.17) is 9.15 Å². The van der Waals surface area contributed by atoms with Crippen molar-refractivity contribution in [3.8, 4) is 0 Å². The van der Waals surface area contributed by atoms with E-state index < -0.39 is 0 Å². The van der Waals surface area contributed by atoms with Crippen LogP contribution in [0.3, 0.4) is 0 Å². The van der Waals surface area contributed by atoms with Crippen molar-refractivity contribution in [1.82, 2.24) is 9.88 Å². The zero-order chi connectivity index (χ0) is 16.5. The predicted molar refractivity (Wildman–Crippen MR) is 88.9 cm³/mol. The van der Waals surface area contributed by atoms with Crippen molar-refractivity contribution in [2.24, 2.45) is 0 Å². The van der Waals surface area contributed by atoms with Crippen molar-refractivity contribution >= 4 is 5.91 Å². The molecule has 1 aromatic carbocycles. The SMILES string of the molecule is CN(C(=O)c1coc(C2CCOCC2)n1)C1CCc2ccccc21. The van der Waals surface area contributed by atoms with Crippen molar-refractivity contribution < 1.29 is 13.9 Å². The fourth-order valence-corrected chi connectivity index (χ4v) is 3.78. The quantitative estimate of drug-likeness (QED) is 0.868. The lowest BCUT2D eigenvalue weighted by atomic mass is 10.0. The second kappa shape index (κ2) is 6.40. The molecule has 1 unspecified atom stereocenters. The largest absolute Gasteiger partial charge is 0.448 e. The van der Waals surface area contributed by atoms with Crippen LogP contribution in [0.4, 0.5) is 0 Å². The molecule has 4 rings (SSSR count). The molecule has 2 aliphatic rings. The molecule has 1 fully saturated rings. The molecule has 1 atom stereocenters. The maximum absolute atomic E-state index is 12.8. The first-order valence-electron chi connectivity index (χ1n) is 8.62. The number of amides is 1. The Balaban J connectivity index is 1.51. The number of aryl methyl sites for hydroxylation is 1. The van der Waals surface area contributed by atoms with Crippen LogP contribution in [0.25, 0.3) is 0 Å². The highest BCUT2D eigenvalue weighted by molar-refractivity contribution is 5.92. The van der Waals surface area contributed by atoms with Gasteiger partial charge in [-0.05, 0) is 36.8 Å². The van der Waals surface area contributed by atoms with Gasteiger partial charge in [0.25, 0.3) is 5.91 Å². The average Bonchev–Trinajstić information content (AvgIpc) is 3.28. The second-order valence-electron chi connectivity index (χ2n) is 6.63. The molecule has 1 saturated heterocycles. The minimum Gasteiger partial charge on any atom is -0.448 e. The Labute approximate surface area is 141 Å². The van der Waals surface area contributed by atoms with E-state index in [1.807, 2.05) is 13.1 Å². The number of aromatic nitrogens is 1. The molecule has 0 radical (unpaired) electrons. The van der Waals surface area contributed by atoms with Crippen molar-refractivity contribution in [2.75, 3.05) is 20.3 Å². The highest BCUT2D eigenvalue weighted by Gasteiger charge is 2.31. The number of oxazole rings is 1. The molecule has 1 aliphatic carbocycles. The average molecular weight is 326 g/mol. The summed E-state index contributed by atoms with van der Waals surface area (Å²) in [6.45, 7) is 1.46. The Bertz CT molecular complexity index is 734. The lowest BCUT2D eigenvalue weighted by Gasteiger charge is -2.24. The van der Waals surface area contributed by atoms with Gasteiger partial charge < -0.3 is 14.1 Å². The van der Waals surface area contributed by atoms with Gasteiger partial charge in [-0.3, -0.25) is 4.79 Å². The number of nitrogens with zero attached hydrogens (tertiary/aromatic N) is 2. The molecule has 1 aromatic heterocycles. The summed E-state index contributed by atoms with van der Waals surface area (Å²) in [4.78, 5) is 19.1. The van der Waals surface area contributed by atoms with Crippen LogP contribution in [0.15, 0.2) is 34.9 Å². The third-order valence-corrected chi connectivity index (χ3v) is 5.20. The lowest BCUT2D eigenvalue weighted by Crippen LogP contribution is -2.30. The van der Waals surface area contributed by atoms with E-state index >= 15 is 0 Å². The van der Waals surface area contributed by atoms with E-state index in [9.17, 15) is 4.79 Å². The van der Waals surface area contributed by atoms with Crippen LogP contribution in [0.2, 0.25) is 0 Å². The Morgan fingerprint density at radius 3 is 2.83 bits per heavy atom. The van der Waals surface area contributed by atoms with Crippen LogP contribution in [-0.2, 0) is 11.2 Å². The van der Waals surface area contributed by atoms with Crippen LogP contribution in [0.1, 0.15) is 58.7 Å². The van der Waals surface area contributed by atoms with Crippen LogP contribution in [0.5, 0.6) is 0 Å². The van der Waals surface area contributed by atoms with Gasteiger partial charge in [-0.15, -0.1) is 0 Å². The van der Waals surface area contributed by atoms with Crippen LogP contribution < -0.4 is 0 Å². The smallest absolute Gasteiger partial charge is 0.276 e. The molecule has 0 N–H and O–H groups in total. The van der Waals surface area contributed by atoms with Crippen molar-refractivity contribution in [2.45, 2.75) is 37.6 Å². The fourth-order valence-electron chi connectivity index (χ4n) is 3.78. The zero-order valence-electron chi connectivity index (χ0n) is 13.9. The number of rotatable bonds is 3. The summed E-state index contributed by atoms with van der Waals surface area (Å²) in [7, 11) is 1.86. The first-order chi connectivity index (χ1) is 11.7. The molecule has 1 amide bonds. The Morgan fingerprint density at radius 2 is 2.00 bits per heavy atom. The molecule has 0 saturated carbocycles. The van der Waals surface area contributed by atoms with E-state index in [0.717, 1.165) is 38.9 Å². The number of benzene rings is 1. The topological polar surface area (TPSA) is 55.6 Å². The van der Waals surface area contributed by atoms with Gasteiger partial charge in [-0.1, -0.05) is 24.3 Å². The maximum atomic E-state index is 12.8.